The van der Waals surface area contributed by atoms with Crippen molar-refractivity contribution in [1.82, 2.24) is 0 Å². The molecule has 7 heteroatoms. The highest BCUT2D eigenvalue weighted by Gasteiger charge is 2.45. The topological polar surface area (TPSA) is 84.2 Å². The molecule has 0 radical (unpaired) electrons. The Bertz CT molecular complexity index is 1180. The Hall–Kier alpha value is -3.48. The molecule has 2 heterocycles. The number of ether oxygens (including phenoxy) is 4. The van der Waals surface area contributed by atoms with Gasteiger partial charge in [-0.05, 0) is 50.6 Å². The van der Waals surface area contributed by atoms with E-state index in [9.17, 15) is 9.59 Å². The van der Waals surface area contributed by atoms with Crippen LogP contribution in [0.1, 0.15) is 37.8 Å². The molecule has 4 rings (SSSR count). The van der Waals surface area contributed by atoms with Crippen LogP contribution in [0.4, 0.5) is 0 Å². The quantitative estimate of drug-likeness (QED) is 0.436. The standard InChI is InChI=1S/C24H24O7/c1-5-28-24(26)22-19(14-10-11-17(27-4)18(12-14)29-13(2)3)20-21(31-22)15-8-6-7-9-16(15)30-23(20)25/h6-13,19,22H,5H2,1-4H3/t19-,22+/m0/s1. The predicted molar refractivity (Wildman–Crippen MR) is 114 cm³/mol. The summed E-state index contributed by atoms with van der Waals surface area (Å²) in [6, 6.07) is 12.4. The summed E-state index contributed by atoms with van der Waals surface area (Å²) in [5, 5.41) is 0.626. The van der Waals surface area contributed by atoms with Crippen molar-refractivity contribution in [2.45, 2.75) is 38.9 Å². The van der Waals surface area contributed by atoms with Crippen LogP contribution in [0, 0.1) is 0 Å². The maximum absolute atomic E-state index is 13.0. The van der Waals surface area contributed by atoms with Crippen LogP contribution in [-0.4, -0.2) is 31.9 Å². The third kappa shape index (κ3) is 3.71. The van der Waals surface area contributed by atoms with E-state index in [1.165, 1.54) is 0 Å². The largest absolute Gasteiger partial charge is 0.493 e. The number of carbonyl (C=O) groups is 1. The number of esters is 1. The first kappa shape index (κ1) is 20.8. The Morgan fingerprint density at radius 1 is 1.13 bits per heavy atom. The van der Waals surface area contributed by atoms with Gasteiger partial charge in [-0.15, -0.1) is 0 Å². The lowest BCUT2D eigenvalue weighted by Crippen LogP contribution is -2.32. The molecule has 3 aromatic rings. The maximum atomic E-state index is 13.0. The van der Waals surface area contributed by atoms with Gasteiger partial charge >= 0.3 is 11.6 Å². The summed E-state index contributed by atoms with van der Waals surface area (Å²) in [5.74, 6) is 0.146. The third-order valence-corrected chi connectivity index (χ3v) is 5.09. The summed E-state index contributed by atoms with van der Waals surface area (Å²) >= 11 is 0. The van der Waals surface area contributed by atoms with Gasteiger partial charge in [0.15, 0.2) is 11.5 Å². The molecule has 0 amide bonds. The molecular formula is C24H24O7. The molecule has 0 unspecified atom stereocenters. The highest BCUT2D eigenvalue weighted by atomic mass is 16.6. The van der Waals surface area contributed by atoms with Gasteiger partial charge in [-0.25, -0.2) is 9.59 Å². The van der Waals surface area contributed by atoms with Gasteiger partial charge in [-0.2, -0.15) is 0 Å². The molecule has 0 bridgehead atoms. The number of rotatable bonds is 6. The first-order valence-electron chi connectivity index (χ1n) is 10.2. The average Bonchev–Trinajstić information content (AvgIpc) is 3.15. The van der Waals surface area contributed by atoms with E-state index in [1.807, 2.05) is 19.9 Å². The average molecular weight is 424 g/mol. The van der Waals surface area contributed by atoms with Crippen molar-refractivity contribution in [3.63, 3.8) is 0 Å². The summed E-state index contributed by atoms with van der Waals surface area (Å²) in [7, 11) is 1.55. The zero-order valence-electron chi connectivity index (χ0n) is 17.8. The number of carbonyl (C=O) groups excluding carboxylic acids is 1. The third-order valence-electron chi connectivity index (χ3n) is 5.09. The number of hydrogen-bond donors (Lipinski definition) is 0. The highest BCUT2D eigenvalue weighted by Crippen LogP contribution is 2.46. The Morgan fingerprint density at radius 3 is 2.61 bits per heavy atom. The van der Waals surface area contributed by atoms with Crippen LogP contribution in [0.2, 0.25) is 0 Å². The van der Waals surface area contributed by atoms with Crippen LogP contribution < -0.4 is 19.8 Å². The number of fused-ring (bicyclic) bond motifs is 3. The molecule has 2 atom stereocenters. The van der Waals surface area contributed by atoms with Crippen molar-refractivity contribution in [2.75, 3.05) is 13.7 Å². The number of benzene rings is 2. The number of hydrogen-bond acceptors (Lipinski definition) is 7. The van der Waals surface area contributed by atoms with Gasteiger partial charge in [-0.3, -0.25) is 0 Å². The molecule has 0 fully saturated rings. The van der Waals surface area contributed by atoms with Crippen LogP contribution in [0.3, 0.4) is 0 Å². The molecule has 0 saturated carbocycles. The van der Waals surface area contributed by atoms with Crippen LogP contribution in [0.25, 0.3) is 11.0 Å². The first-order valence-corrected chi connectivity index (χ1v) is 10.2. The minimum atomic E-state index is -1.02. The summed E-state index contributed by atoms with van der Waals surface area (Å²) < 4.78 is 28.1. The molecule has 1 aliphatic rings. The lowest BCUT2D eigenvalue weighted by Gasteiger charge is -2.20. The normalized spacial score (nSPS) is 17.3. The van der Waals surface area contributed by atoms with E-state index in [1.54, 1.807) is 50.4 Å². The fraction of sp³-hybridized carbons (Fsp3) is 0.333. The van der Waals surface area contributed by atoms with Gasteiger partial charge in [0.2, 0.25) is 6.10 Å². The number of methoxy groups -OCH3 is 1. The Kier molecular flexibility index (Phi) is 5.59. The minimum Gasteiger partial charge on any atom is -0.493 e. The molecule has 2 aromatic carbocycles. The fourth-order valence-electron chi connectivity index (χ4n) is 3.86. The monoisotopic (exact) mass is 424 g/mol. The van der Waals surface area contributed by atoms with Crippen LogP contribution >= 0.6 is 0 Å². The predicted octanol–water partition coefficient (Wildman–Crippen LogP) is 4.04. The number of para-hydroxylation sites is 1. The Morgan fingerprint density at radius 2 is 1.90 bits per heavy atom. The highest BCUT2D eigenvalue weighted by molar-refractivity contribution is 5.88. The lowest BCUT2D eigenvalue weighted by atomic mass is 9.88. The molecule has 0 spiro atoms. The van der Waals surface area contributed by atoms with E-state index < -0.39 is 23.6 Å². The van der Waals surface area contributed by atoms with Gasteiger partial charge in [0.25, 0.3) is 0 Å². The smallest absolute Gasteiger partial charge is 0.348 e. The molecular weight excluding hydrogens is 400 g/mol. The fourth-order valence-corrected chi connectivity index (χ4v) is 3.86. The zero-order chi connectivity index (χ0) is 22.1. The van der Waals surface area contributed by atoms with Gasteiger partial charge in [-0.1, -0.05) is 18.2 Å². The second-order valence-corrected chi connectivity index (χ2v) is 7.47. The molecule has 0 saturated heterocycles. The van der Waals surface area contributed by atoms with E-state index >= 15 is 0 Å². The van der Waals surface area contributed by atoms with E-state index in [0.717, 1.165) is 0 Å². The molecule has 1 aliphatic heterocycles. The van der Waals surface area contributed by atoms with Gasteiger partial charge in [0, 0.05) is 0 Å². The second kappa shape index (κ2) is 8.34. The Balaban J connectivity index is 1.92. The Labute approximate surface area is 179 Å². The van der Waals surface area contributed by atoms with Crippen molar-refractivity contribution < 1.29 is 28.2 Å². The maximum Gasteiger partial charge on any atom is 0.348 e. The molecule has 0 aliphatic carbocycles. The van der Waals surface area contributed by atoms with Crippen LogP contribution in [0.15, 0.2) is 51.7 Å². The minimum absolute atomic E-state index is 0.0915. The zero-order valence-corrected chi connectivity index (χ0v) is 17.8. The summed E-state index contributed by atoms with van der Waals surface area (Å²) in [4.78, 5) is 25.8. The van der Waals surface area contributed by atoms with Gasteiger partial charge in [0.05, 0.1) is 36.7 Å². The molecule has 162 valence electrons. The van der Waals surface area contributed by atoms with Crippen molar-refractivity contribution in [3.8, 4) is 17.2 Å². The molecule has 31 heavy (non-hydrogen) atoms. The van der Waals surface area contributed by atoms with E-state index in [-0.39, 0.29) is 18.3 Å². The van der Waals surface area contributed by atoms with E-state index in [0.29, 0.717) is 33.8 Å². The molecule has 7 nitrogen and oxygen atoms in total. The summed E-state index contributed by atoms with van der Waals surface area (Å²) in [6.45, 7) is 5.73. The van der Waals surface area contributed by atoms with Crippen LogP contribution in [-0.2, 0) is 9.53 Å². The SMILES string of the molecule is CCOC(=O)[C@@H]1Oc2c(c(=O)oc3ccccc23)[C@@H]1c1ccc(OC)c(OC(C)C)c1. The van der Waals surface area contributed by atoms with Gasteiger partial charge in [0.1, 0.15) is 11.3 Å². The second-order valence-electron chi connectivity index (χ2n) is 7.47. The van der Waals surface area contributed by atoms with Crippen molar-refractivity contribution in [1.29, 1.82) is 0 Å². The lowest BCUT2D eigenvalue weighted by molar-refractivity contribution is -0.151. The summed E-state index contributed by atoms with van der Waals surface area (Å²) in [5.41, 5.74) is 0.800. The molecule has 0 N–H and O–H groups in total. The first-order chi connectivity index (χ1) is 14.9. The van der Waals surface area contributed by atoms with Crippen molar-refractivity contribution in [2.24, 2.45) is 0 Å². The van der Waals surface area contributed by atoms with Crippen molar-refractivity contribution in [3.05, 3.63) is 64.0 Å². The van der Waals surface area contributed by atoms with Crippen molar-refractivity contribution >= 4 is 16.9 Å². The van der Waals surface area contributed by atoms with E-state index in [4.69, 9.17) is 23.4 Å². The summed E-state index contributed by atoms with van der Waals surface area (Å²) in [6.07, 6.45) is -1.12. The van der Waals surface area contributed by atoms with Crippen LogP contribution in [0.5, 0.6) is 17.2 Å². The molecule has 1 aromatic heterocycles. The van der Waals surface area contributed by atoms with E-state index in [2.05, 4.69) is 0 Å². The van der Waals surface area contributed by atoms with Gasteiger partial charge < -0.3 is 23.4 Å².